The molecule has 0 radical (unpaired) electrons. The molecular formula is C57H105NO5. The third-order valence-electron chi connectivity index (χ3n) is 12.4. The fraction of sp³-hybridized carbons (Fsp3) is 0.825. The van der Waals surface area contributed by atoms with E-state index >= 15 is 0 Å². The van der Waals surface area contributed by atoms with Crippen LogP contribution in [-0.4, -0.2) is 46.9 Å². The van der Waals surface area contributed by atoms with Gasteiger partial charge in [0.1, 0.15) is 6.10 Å². The van der Waals surface area contributed by atoms with E-state index in [2.05, 4.69) is 68.6 Å². The maximum absolute atomic E-state index is 13.2. The first-order valence-corrected chi connectivity index (χ1v) is 27.4. The number of ether oxygens (including phenoxy) is 1. The summed E-state index contributed by atoms with van der Waals surface area (Å²) < 4.78 is 5.88. The van der Waals surface area contributed by atoms with Crippen molar-refractivity contribution in [3.8, 4) is 0 Å². The van der Waals surface area contributed by atoms with Gasteiger partial charge in [0.2, 0.25) is 5.91 Å². The van der Waals surface area contributed by atoms with Gasteiger partial charge >= 0.3 is 5.97 Å². The molecule has 3 N–H and O–H groups in total. The SMILES string of the molecule is CCCCC/C=C\C/C=C\C/C=C\C/C=C\CC(CC(=O)NC(CO)C(O)CCCCCCCCCCCCCCCCCC)OC(=O)CCCCCCCCCCCCCCC. The van der Waals surface area contributed by atoms with Crippen LogP contribution in [0.4, 0.5) is 0 Å². The van der Waals surface area contributed by atoms with Gasteiger partial charge in [-0.1, -0.05) is 262 Å². The standard InChI is InChI=1S/C57H105NO5/c1-4-7-10-13-16-19-22-25-27-29-32-34-37-40-43-46-49-55(60)54(52-59)58-56(61)51-53(48-45-42-39-36-33-31-28-26-23-20-17-14-11-8-5-2)63-57(62)50-47-44-41-38-35-30-24-21-18-15-12-9-6-3/h17,20,26,28,33,36,42,45,53-55,59-60H,4-16,18-19,21-25,27,29-32,34-35,37-41,43-44,46-52H2,1-3H3,(H,58,61)/b20-17-,28-26-,36-33-,45-42-. The lowest BCUT2D eigenvalue weighted by atomic mass is 10.0. The number of nitrogens with one attached hydrogen (secondary N) is 1. The molecule has 3 unspecified atom stereocenters. The van der Waals surface area contributed by atoms with Crippen LogP contribution in [0, 0.1) is 0 Å². The number of carbonyl (C=O) groups is 2. The van der Waals surface area contributed by atoms with E-state index < -0.39 is 18.2 Å². The van der Waals surface area contributed by atoms with Gasteiger partial charge in [0.15, 0.2) is 0 Å². The Bertz CT molecular complexity index is 1080. The molecule has 6 nitrogen and oxygen atoms in total. The highest BCUT2D eigenvalue weighted by atomic mass is 16.5. The molecular weight excluding hydrogens is 779 g/mol. The van der Waals surface area contributed by atoms with E-state index in [1.807, 2.05) is 6.08 Å². The van der Waals surface area contributed by atoms with E-state index in [9.17, 15) is 19.8 Å². The van der Waals surface area contributed by atoms with E-state index in [-0.39, 0.29) is 24.9 Å². The van der Waals surface area contributed by atoms with Gasteiger partial charge in [-0.15, -0.1) is 0 Å². The highest BCUT2D eigenvalue weighted by molar-refractivity contribution is 5.77. The highest BCUT2D eigenvalue weighted by Gasteiger charge is 2.23. The summed E-state index contributed by atoms with van der Waals surface area (Å²) in [4.78, 5) is 26.1. The summed E-state index contributed by atoms with van der Waals surface area (Å²) in [6.07, 6.45) is 61.9. The summed E-state index contributed by atoms with van der Waals surface area (Å²) in [6.45, 7) is 6.45. The molecule has 0 saturated heterocycles. The molecule has 0 aliphatic rings. The summed E-state index contributed by atoms with van der Waals surface area (Å²) in [5.41, 5.74) is 0. The van der Waals surface area contributed by atoms with Crippen molar-refractivity contribution in [1.29, 1.82) is 0 Å². The number of hydrogen-bond acceptors (Lipinski definition) is 5. The normalized spacial score (nSPS) is 13.5. The number of rotatable bonds is 49. The summed E-state index contributed by atoms with van der Waals surface area (Å²) in [6, 6.07) is -0.729. The minimum Gasteiger partial charge on any atom is -0.461 e. The van der Waals surface area contributed by atoms with Gasteiger partial charge in [0.05, 0.1) is 25.2 Å². The van der Waals surface area contributed by atoms with Crippen LogP contribution < -0.4 is 5.32 Å². The molecule has 0 aromatic heterocycles. The van der Waals surface area contributed by atoms with Crippen LogP contribution in [0.25, 0.3) is 0 Å². The quantitative estimate of drug-likeness (QED) is 0.0321. The molecule has 0 aromatic rings. The van der Waals surface area contributed by atoms with Crippen LogP contribution in [0.1, 0.15) is 278 Å². The molecule has 0 aliphatic heterocycles. The number of hydrogen-bond donors (Lipinski definition) is 3. The van der Waals surface area contributed by atoms with E-state index in [0.29, 0.717) is 19.3 Å². The summed E-state index contributed by atoms with van der Waals surface area (Å²) in [5, 5.41) is 23.8. The van der Waals surface area contributed by atoms with Crippen LogP contribution in [0.2, 0.25) is 0 Å². The van der Waals surface area contributed by atoms with Crippen molar-refractivity contribution < 1.29 is 24.5 Å². The molecule has 0 aromatic carbocycles. The smallest absolute Gasteiger partial charge is 0.306 e. The first-order valence-electron chi connectivity index (χ1n) is 27.4. The first kappa shape index (κ1) is 60.8. The van der Waals surface area contributed by atoms with Crippen molar-refractivity contribution >= 4 is 11.9 Å². The van der Waals surface area contributed by atoms with E-state index in [4.69, 9.17) is 4.74 Å². The van der Waals surface area contributed by atoms with Crippen LogP contribution in [0.15, 0.2) is 48.6 Å². The molecule has 0 rings (SSSR count). The highest BCUT2D eigenvalue weighted by Crippen LogP contribution is 2.17. The van der Waals surface area contributed by atoms with Gasteiger partial charge < -0.3 is 20.3 Å². The number of carbonyl (C=O) groups excluding carboxylic acids is 2. The van der Waals surface area contributed by atoms with Crippen molar-refractivity contribution in [2.45, 2.75) is 296 Å². The lowest BCUT2D eigenvalue weighted by molar-refractivity contribution is -0.150. The number of aliphatic hydroxyl groups excluding tert-OH is 2. The monoisotopic (exact) mass is 884 g/mol. The second-order valence-electron chi connectivity index (χ2n) is 18.6. The summed E-state index contributed by atoms with van der Waals surface area (Å²) in [7, 11) is 0. The zero-order valence-electron chi connectivity index (χ0n) is 42.0. The van der Waals surface area contributed by atoms with Gasteiger partial charge in [-0.05, 0) is 44.9 Å². The Morgan fingerprint density at radius 1 is 0.476 bits per heavy atom. The average Bonchev–Trinajstić information content (AvgIpc) is 3.28. The fourth-order valence-electron chi connectivity index (χ4n) is 8.23. The minimum absolute atomic E-state index is 0.00460. The predicted molar refractivity (Wildman–Crippen MR) is 273 cm³/mol. The van der Waals surface area contributed by atoms with Crippen LogP contribution in [0.3, 0.4) is 0 Å². The lowest BCUT2D eigenvalue weighted by Crippen LogP contribution is -2.46. The van der Waals surface area contributed by atoms with Gasteiger partial charge in [-0.3, -0.25) is 9.59 Å². The Balaban J connectivity index is 4.64. The number of esters is 1. The molecule has 1 amide bonds. The van der Waals surface area contributed by atoms with E-state index in [0.717, 1.165) is 57.8 Å². The molecule has 368 valence electrons. The van der Waals surface area contributed by atoms with E-state index in [1.54, 1.807) is 0 Å². The maximum atomic E-state index is 13.2. The third-order valence-corrected chi connectivity index (χ3v) is 12.4. The number of allylic oxidation sites excluding steroid dienone is 7. The Morgan fingerprint density at radius 2 is 0.841 bits per heavy atom. The Kier molecular flexibility index (Phi) is 49.1. The fourth-order valence-corrected chi connectivity index (χ4v) is 8.23. The molecule has 6 heteroatoms. The molecule has 0 bridgehead atoms. The summed E-state index contributed by atoms with van der Waals surface area (Å²) >= 11 is 0. The van der Waals surface area contributed by atoms with Crippen LogP contribution >= 0.6 is 0 Å². The molecule has 3 atom stereocenters. The van der Waals surface area contributed by atoms with Crippen molar-refractivity contribution in [2.75, 3.05) is 6.61 Å². The minimum atomic E-state index is -0.810. The van der Waals surface area contributed by atoms with Gasteiger partial charge in [0.25, 0.3) is 0 Å². The molecule has 0 spiro atoms. The Labute approximate surface area is 391 Å². The predicted octanol–water partition coefficient (Wildman–Crippen LogP) is 16.6. The zero-order valence-corrected chi connectivity index (χ0v) is 42.0. The Morgan fingerprint density at radius 3 is 1.27 bits per heavy atom. The van der Waals surface area contributed by atoms with Crippen molar-refractivity contribution in [3.05, 3.63) is 48.6 Å². The topological polar surface area (TPSA) is 95.9 Å². The second kappa shape index (κ2) is 50.8. The molecule has 0 fully saturated rings. The van der Waals surface area contributed by atoms with Gasteiger partial charge in [0, 0.05) is 12.8 Å². The largest absolute Gasteiger partial charge is 0.461 e. The van der Waals surface area contributed by atoms with E-state index in [1.165, 1.54) is 173 Å². The molecule has 0 aliphatic carbocycles. The average molecular weight is 884 g/mol. The number of unbranched alkanes of at least 4 members (excludes halogenated alkanes) is 30. The molecule has 0 saturated carbocycles. The second-order valence-corrected chi connectivity index (χ2v) is 18.6. The van der Waals surface area contributed by atoms with Crippen LogP contribution in [0.5, 0.6) is 0 Å². The first-order chi connectivity index (χ1) is 31.0. The number of aliphatic hydroxyl groups is 2. The Hall–Kier alpha value is -2.18. The van der Waals surface area contributed by atoms with Crippen molar-refractivity contribution in [2.24, 2.45) is 0 Å². The maximum Gasteiger partial charge on any atom is 0.306 e. The van der Waals surface area contributed by atoms with Crippen molar-refractivity contribution in [3.63, 3.8) is 0 Å². The lowest BCUT2D eigenvalue weighted by Gasteiger charge is -2.24. The van der Waals surface area contributed by atoms with Crippen molar-refractivity contribution in [1.82, 2.24) is 5.32 Å². The van der Waals surface area contributed by atoms with Crippen LogP contribution in [-0.2, 0) is 14.3 Å². The van der Waals surface area contributed by atoms with Gasteiger partial charge in [-0.25, -0.2) is 0 Å². The number of amides is 1. The zero-order chi connectivity index (χ0) is 45.9. The van der Waals surface area contributed by atoms with Gasteiger partial charge in [-0.2, -0.15) is 0 Å². The molecule has 63 heavy (non-hydrogen) atoms. The third kappa shape index (κ3) is 46.2. The summed E-state index contributed by atoms with van der Waals surface area (Å²) in [5.74, 6) is -0.566. The molecule has 0 heterocycles.